The molecule has 20 heavy (non-hydrogen) atoms. The van der Waals surface area contributed by atoms with Crippen molar-refractivity contribution in [2.45, 2.75) is 63.8 Å². The van der Waals surface area contributed by atoms with Crippen molar-refractivity contribution < 1.29 is 14.6 Å². The van der Waals surface area contributed by atoms with Crippen molar-refractivity contribution >= 4 is 0 Å². The van der Waals surface area contributed by atoms with Crippen LogP contribution >= 0.6 is 0 Å². The number of ether oxygens (including phenoxy) is 2. The molecule has 1 aromatic rings. The predicted molar refractivity (Wildman–Crippen MR) is 78.0 cm³/mol. The molecule has 1 saturated carbocycles. The van der Waals surface area contributed by atoms with Crippen LogP contribution in [0.25, 0.3) is 0 Å². The van der Waals surface area contributed by atoms with Crippen LogP contribution in [0.3, 0.4) is 0 Å². The van der Waals surface area contributed by atoms with E-state index in [-0.39, 0.29) is 11.7 Å². The number of aliphatic hydroxyl groups is 1. The van der Waals surface area contributed by atoms with Gasteiger partial charge in [0.15, 0.2) is 0 Å². The molecule has 0 radical (unpaired) electrons. The fourth-order valence-electron chi connectivity index (χ4n) is 3.27. The van der Waals surface area contributed by atoms with E-state index in [0.29, 0.717) is 0 Å². The van der Waals surface area contributed by atoms with Crippen LogP contribution in [0, 0.1) is 6.92 Å². The molecule has 2 fully saturated rings. The van der Waals surface area contributed by atoms with E-state index in [2.05, 4.69) is 6.92 Å². The van der Waals surface area contributed by atoms with Gasteiger partial charge in [-0.2, -0.15) is 0 Å². The van der Waals surface area contributed by atoms with Gasteiger partial charge in [0.25, 0.3) is 0 Å². The Morgan fingerprint density at radius 2 is 2.20 bits per heavy atom. The summed E-state index contributed by atoms with van der Waals surface area (Å²) in [5.74, 6) is 0.835. The number of hydrogen-bond donors (Lipinski definition) is 1. The van der Waals surface area contributed by atoms with Crippen LogP contribution in [0.15, 0.2) is 18.2 Å². The quantitative estimate of drug-likeness (QED) is 0.918. The molecule has 1 N–H and O–H groups in total. The maximum absolute atomic E-state index is 9.88. The Morgan fingerprint density at radius 3 is 2.85 bits per heavy atom. The largest absolute Gasteiger partial charge is 0.490 e. The Balaban J connectivity index is 1.75. The van der Waals surface area contributed by atoms with Crippen molar-refractivity contribution in [2.24, 2.45) is 0 Å². The zero-order valence-electron chi connectivity index (χ0n) is 12.4. The van der Waals surface area contributed by atoms with E-state index in [1.807, 2.05) is 18.2 Å². The van der Waals surface area contributed by atoms with Crippen LogP contribution in [0.1, 0.15) is 56.3 Å². The summed E-state index contributed by atoms with van der Waals surface area (Å²) >= 11 is 0. The highest BCUT2D eigenvalue weighted by Gasteiger charge is 2.43. The average molecular weight is 276 g/mol. The minimum absolute atomic E-state index is 0.0950. The highest BCUT2D eigenvalue weighted by molar-refractivity contribution is 5.38. The van der Waals surface area contributed by atoms with Crippen molar-refractivity contribution in [2.75, 3.05) is 6.61 Å². The lowest BCUT2D eigenvalue weighted by molar-refractivity contribution is -0.153. The van der Waals surface area contributed by atoms with E-state index in [4.69, 9.17) is 9.47 Å². The third-order valence-corrected chi connectivity index (χ3v) is 4.63. The lowest BCUT2D eigenvalue weighted by Crippen LogP contribution is -2.48. The van der Waals surface area contributed by atoms with Gasteiger partial charge in [-0.3, -0.25) is 0 Å². The van der Waals surface area contributed by atoms with E-state index < -0.39 is 6.10 Å². The second kappa shape index (κ2) is 5.38. The summed E-state index contributed by atoms with van der Waals surface area (Å²) in [5.41, 5.74) is 2.14. The molecule has 2 atom stereocenters. The maximum atomic E-state index is 9.88. The molecule has 1 aliphatic carbocycles. The first-order chi connectivity index (χ1) is 9.58. The number of benzene rings is 1. The summed E-state index contributed by atoms with van der Waals surface area (Å²) in [6.07, 6.45) is 5.26. The van der Waals surface area contributed by atoms with Gasteiger partial charge in [0.05, 0.1) is 18.3 Å². The lowest BCUT2D eigenvalue weighted by Gasteiger charge is -2.47. The van der Waals surface area contributed by atoms with E-state index >= 15 is 0 Å². The summed E-state index contributed by atoms with van der Waals surface area (Å²) in [6.45, 7) is 4.63. The average Bonchev–Trinajstić information content (AvgIpc) is 2.37. The molecule has 3 rings (SSSR count). The second-order valence-corrected chi connectivity index (χ2v) is 6.33. The molecular formula is C17H24O3. The summed E-state index contributed by atoms with van der Waals surface area (Å²) < 4.78 is 12.2. The Hall–Kier alpha value is -1.06. The molecule has 3 heteroatoms. The van der Waals surface area contributed by atoms with Gasteiger partial charge in [-0.1, -0.05) is 12.1 Å². The van der Waals surface area contributed by atoms with Gasteiger partial charge >= 0.3 is 0 Å². The standard InChI is InChI=1S/C17H24O3/c1-12-4-5-15(13(2)18)16(10-12)20-14-6-9-19-17(11-14)7-3-8-17/h4-5,10,13-14,18H,3,6-9,11H2,1-2H3/t13-,14?/m0/s1. The molecule has 1 saturated heterocycles. The third-order valence-electron chi connectivity index (χ3n) is 4.63. The molecule has 3 nitrogen and oxygen atoms in total. The number of hydrogen-bond acceptors (Lipinski definition) is 3. The molecule has 1 aromatic carbocycles. The van der Waals surface area contributed by atoms with Gasteiger partial charge in [-0.15, -0.1) is 0 Å². The second-order valence-electron chi connectivity index (χ2n) is 6.33. The Bertz CT molecular complexity index is 477. The number of aliphatic hydroxyl groups excluding tert-OH is 1. The highest BCUT2D eigenvalue weighted by Crippen LogP contribution is 2.43. The fraction of sp³-hybridized carbons (Fsp3) is 0.647. The molecule has 110 valence electrons. The first-order valence-electron chi connectivity index (χ1n) is 7.67. The molecule has 0 bridgehead atoms. The molecule has 2 aliphatic rings. The SMILES string of the molecule is Cc1ccc([C@H](C)O)c(OC2CCOC3(CCC3)C2)c1. The van der Waals surface area contributed by atoms with E-state index in [1.165, 1.54) is 19.3 Å². The van der Waals surface area contributed by atoms with Gasteiger partial charge in [0, 0.05) is 18.4 Å². The molecule has 1 spiro atoms. The van der Waals surface area contributed by atoms with Crippen molar-refractivity contribution in [1.29, 1.82) is 0 Å². The normalized spacial score (nSPS) is 26.1. The summed E-state index contributed by atoms with van der Waals surface area (Å²) in [7, 11) is 0. The minimum atomic E-state index is -0.497. The van der Waals surface area contributed by atoms with E-state index in [9.17, 15) is 5.11 Å². The monoisotopic (exact) mass is 276 g/mol. The van der Waals surface area contributed by atoms with Crippen LogP contribution in [-0.4, -0.2) is 23.4 Å². The predicted octanol–water partition coefficient (Wildman–Crippen LogP) is 3.53. The van der Waals surface area contributed by atoms with Crippen LogP contribution in [0.4, 0.5) is 0 Å². The van der Waals surface area contributed by atoms with Crippen molar-refractivity contribution in [3.05, 3.63) is 29.3 Å². The summed E-state index contributed by atoms with van der Waals surface area (Å²) in [4.78, 5) is 0. The maximum Gasteiger partial charge on any atom is 0.125 e. The highest BCUT2D eigenvalue weighted by atomic mass is 16.5. The van der Waals surface area contributed by atoms with Gasteiger partial charge < -0.3 is 14.6 Å². The van der Waals surface area contributed by atoms with Crippen LogP contribution < -0.4 is 4.74 Å². The summed E-state index contributed by atoms with van der Waals surface area (Å²) in [6, 6.07) is 6.02. The van der Waals surface area contributed by atoms with E-state index in [0.717, 1.165) is 36.3 Å². The molecule has 1 heterocycles. The minimum Gasteiger partial charge on any atom is -0.490 e. The van der Waals surface area contributed by atoms with Crippen molar-refractivity contribution in [1.82, 2.24) is 0 Å². The topological polar surface area (TPSA) is 38.7 Å². The van der Waals surface area contributed by atoms with Gasteiger partial charge in [-0.05, 0) is 44.7 Å². The van der Waals surface area contributed by atoms with Crippen molar-refractivity contribution in [3.63, 3.8) is 0 Å². The van der Waals surface area contributed by atoms with Gasteiger partial charge in [0.2, 0.25) is 0 Å². The zero-order chi connectivity index (χ0) is 14.2. The fourth-order valence-corrected chi connectivity index (χ4v) is 3.27. The molecule has 0 amide bonds. The third kappa shape index (κ3) is 2.70. The number of aryl methyl sites for hydroxylation is 1. The van der Waals surface area contributed by atoms with Gasteiger partial charge in [0.1, 0.15) is 11.9 Å². The first-order valence-corrected chi connectivity index (χ1v) is 7.67. The molecule has 0 aromatic heterocycles. The Morgan fingerprint density at radius 1 is 1.40 bits per heavy atom. The number of rotatable bonds is 3. The van der Waals surface area contributed by atoms with Crippen molar-refractivity contribution in [3.8, 4) is 5.75 Å². The first kappa shape index (κ1) is 13.9. The van der Waals surface area contributed by atoms with Crippen LogP contribution in [-0.2, 0) is 4.74 Å². The smallest absolute Gasteiger partial charge is 0.125 e. The molecule has 1 unspecified atom stereocenters. The van der Waals surface area contributed by atoms with Crippen LogP contribution in [0.2, 0.25) is 0 Å². The Labute approximate surface area is 120 Å². The molecular weight excluding hydrogens is 252 g/mol. The van der Waals surface area contributed by atoms with Crippen LogP contribution in [0.5, 0.6) is 5.75 Å². The lowest BCUT2D eigenvalue weighted by atomic mass is 9.74. The Kier molecular flexibility index (Phi) is 3.74. The van der Waals surface area contributed by atoms with Gasteiger partial charge in [-0.25, -0.2) is 0 Å². The summed E-state index contributed by atoms with van der Waals surface area (Å²) in [5, 5.41) is 9.88. The van der Waals surface area contributed by atoms with E-state index in [1.54, 1.807) is 6.92 Å². The zero-order valence-corrected chi connectivity index (χ0v) is 12.4. The molecule has 1 aliphatic heterocycles.